The smallest absolute Gasteiger partial charge is 0.248 e. The predicted octanol–water partition coefficient (Wildman–Crippen LogP) is -5.00. The highest BCUT2D eigenvalue weighted by molar-refractivity contribution is 5.95. The molecule has 0 spiro atoms. The Hall–Kier alpha value is -2.85. The Bertz CT molecular complexity index is 797. The number of likely N-dealkylation sites (N-methyl/N-ethyl adjacent to an activating group) is 1. The summed E-state index contributed by atoms with van der Waals surface area (Å²) in [5.74, 6) is -3.57. The van der Waals surface area contributed by atoms with Crippen LogP contribution in [0, 0.1) is 0 Å². The summed E-state index contributed by atoms with van der Waals surface area (Å²) in [4.78, 5) is 64.0. The van der Waals surface area contributed by atoms with E-state index < -0.39 is 66.5 Å². The number of nitrogens with two attached hydrogens (primary N) is 2. The lowest BCUT2D eigenvalue weighted by atomic mass is 10.0. The van der Waals surface area contributed by atoms with Crippen LogP contribution in [0.4, 0.5) is 0 Å². The molecule has 0 aromatic heterocycles. The van der Waals surface area contributed by atoms with Crippen molar-refractivity contribution in [2.75, 3.05) is 33.4 Å². The first-order valence-electron chi connectivity index (χ1n) is 12.2. The van der Waals surface area contributed by atoms with Crippen LogP contribution in [-0.2, 0) is 24.0 Å². The van der Waals surface area contributed by atoms with Crippen LogP contribution in [0.25, 0.3) is 0 Å². The molecule has 1 heterocycles. The Morgan fingerprint density at radius 2 is 1.81 bits per heavy atom. The van der Waals surface area contributed by atoms with E-state index in [2.05, 4.69) is 21.3 Å². The van der Waals surface area contributed by atoms with Crippen molar-refractivity contribution in [3.05, 3.63) is 0 Å². The minimum atomic E-state index is -1.50. The molecule has 1 saturated heterocycles. The van der Waals surface area contributed by atoms with Crippen LogP contribution < -0.4 is 32.7 Å². The number of nitrogens with one attached hydrogen (secondary N) is 4. The lowest BCUT2D eigenvalue weighted by Crippen LogP contribution is -2.61. The van der Waals surface area contributed by atoms with Crippen molar-refractivity contribution in [3.8, 4) is 0 Å². The van der Waals surface area contributed by atoms with Crippen molar-refractivity contribution >= 4 is 29.5 Å². The summed E-state index contributed by atoms with van der Waals surface area (Å²) in [6.45, 7) is 0.449. The summed E-state index contributed by atoms with van der Waals surface area (Å²) in [7, 11) is 1.21. The van der Waals surface area contributed by atoms with Crippen LogP contribution in [0.3, 0.4) is 0 Å². The van der Waals surface area contributed by atoms with Crippen LogP contribution in [-0.4, -0.2) is 119 Å². The quantitative estimate of drug-likeness (QED) is 0.151. The minimum absolute atomic E-state index is 0.0256. The van der Waals surface area contributed by atoms with Crippen LogP contribution in [0.15, 0.2) is 0 Å². The van der Waals surface area contributed by atoms with E-state index in [0.29, 0.717) is 19.4 Å². The van der Waals surface area contributed by atoms with Gasteiger partial charge in [0.15, 0.2) is 0 Å². The summed E-state index contributed by atoms with van der Waals surface area (Å²) >= 11 is 0. The fraction of sp³-hybridized carbons (Fsp3) is 0.773. The summed E-state index contributed by atoms with van der Waals surface area (Å²) in [5.41, 5.74) is 11.1. The Morgan fingerprint density at radius 1 is 1.14 bits per heavy atom. The minimum Gasteiger partial charge on any atom is -0.395 e. The maximum atomic E-state index is 13.2. The number of carbonyl (C=O) groups is 5. The van der Waals surface area contributed by atoms with Gasteiger partial charge in [0, 0.05) is 32.6 Å². The van der Waals surface area contributed by atoms with Gasteiger partial charge in [0.25, 0.3) is 0 Å². The third kappa shape index (κ3) is 10.6. The number of carbonyl (C=O) groups excluding carboxylic acids is 5. The zero-order valence-electron chi connectivity index (χ0n) is 21.3. The molecule has 1 fully saturated rings. The molecule has 0 aromatic rings. The highest BCUT2D eigenvalue weighted by atomic mass is 16.3. The first kappa shape index (κ1) is 32.2. The van der Waals surface area contributed by atoms with E-state index in [1.165, 1.54) is 14.0 Å². The van der Waals surface area contributed by atoms with Crippen molar-refractivity contribution in [2.24, 2.45) is 11.5 Å². The molecule has 6 atom stereocenters. The molecular weight excluding hydrogens is 490 g/mol. The van der Waals surface area contributed by atoms with E-state index in [4.69, 9.17) is 11.5 Å². The highest BCUT2D eigenvalue weighted by Crippen LogP contribution is 2.09. The molecule has 0 aromatic carbocycles. The maximum Gasteiger partial charge on any atom is 0.248 e. The number of hydrogen-bond acceptors (Lipinski definition) is 10. The van der Waals surface area contributed by atoms with Gasteiger partial charge in [-0.15, -0.1) is 0 Å². The third-order valence-corrected chi connectivity index (χ3v) is 6.08. The molecule has 1 aliphatic heterocycles. The van der Waals surface area contributed by atoms with Gasteiger partial charge in [0.2, 0.25) is 29.5 Å². The molecule has 37 heavy (non-hydrogen) atoms. The molecular formula is C22H41N7O8. The van der Waals surface area contributed by atoms with E-state index in [9.17, 15) is 39.3 Å². The Balaban J connectivity index is 3.24. The van der Waals surface area contributed by atoms with Gasteiger partial charge in [-0.1, -0.05) is 0 Å². The average Bonchev–Trinajstić information content (AvgIpc) is 2.84. The summed E-state index contributed by atoms with van der Waals surface area (Å²) in [6.07, 6.45) is -0.319. The van der Waals surface area contributed by atoms with Gasteiger partial charge >= 0.3 is 0 Å². The van der Waals surface area contributed by atoms with Crippen molar-refractivity contribution in [3.63, 3.8) is 0 Å². The van der Waals surface area contributed by atoms with Gasteiger partial charge in [-0.3, -0.25) is 24.0 Å². The van der Waals surface area contributed by atoms with Crippen molar-refractivity contribution in [1.29, 1.82) is 0 Å². The molecule has 11 N–H and O–H groups in total. The number of hydrogen-bond donors (Lipinski definition) is 9. The fourth-order valence-electron chi connectivity index (χ4n) is 3.70. The van der Waals surface area contributed by atoms with E-state index in [-0.39, 0.29) is 38.3 Å². The van der Waals surface area contributed by atoms with E-state index in [1.54, 1.807) is 0 Å². The molecule has 1 unspecified atom stereocenters. The van der Waals surface area contributed by atoms with Crippen molar-refractivity contribution in [2.45, 2.75) is 75.3 Å². The Morgan fingerprint density at radius 3 is 2.38 bits per heavy atom. The predicted molar refractivity (Wildman–Crippen MR) is 131 cm³/mol. The van der Waals surface area contributed by atoms with Crippen LogP contribution in [0.5, 0.6) is 0 Å². The first-order valence-corrected chi connectivity index (χ1v) is 12.2. The van der Waals surface area contributed by atoms with Crippen molar-refractivity contribution in [1.82, 2.24) is 26.2 Å². The molecule has 212 valence electrons. The SMILES string of the molecule is CC(O)[C@@H]1NC(=O)[C@@H](NC[C@@H](N)CO)CCC(=O)NCCCC[C@@H](C(N)=O)NC(=O)[C@H](CO)N(C)C1=O. The molecule has 15 nitrogen and oxygen atoms in total. The third-order valence-electron chi connectivity index (χ3n) is 6.08. The number of nitrogens with zero attached hydrogens (tertiary/aromatic N) is 1. The van der Waals surface area contributed by atoms with Gasteiger partial charge in [0.05, 0.1) is 25.4 Å². The van der Waals surface area contributed by atoms with Gasteiger partial charge in [-0.05, 0) is 32.6 Å². The van der Waals surface area contributed by atoms with Crippen LogP contribution in [0.2, 0.25) is 0 Å². The molecule has 0 saturated carbocycles. The molecule has 0 aliphatic carbocycles. The Labute approximate surface area is 215 Å². The van der Waals surface area contributed by atoms with Crippen LogP contribution in [0.1, 0.15) is 39.0 Å². The number of aliphatic hydroxyl groups excluding tert-OH is 3. The second-order valence-corrected chi connectivity index (χ2v) is 9.13. The normalized spacial score (nSPS) is 27.2. The zero-order chi connectivity index (χ0) is 28.1. The van der Waals surface area contributed by atoms with Crippen molar-refractivity contribution < 1.29 is 39.3 Å². The van der Waals surface area contributed by atoms with Crippen LogP contribution >= 0.6 is 0 Å². The molecule has 15 heteroatoms. The summed E-state index contributed by atoms with van der Waals surface area (Å²) in [6, 6.07) is -5.67. The lowest BCUT2D eigenvalue weighted by molar-refractivity contribution is -0.146. The summed E-state index contributed by atoms with van der Waals surface area (Å²) in [5, 5.41) is 39.7. The molecule has 0 radical (unpaired) electrons. The standard InChI is InChI=1S/C22H41N7O8/c1-12(32)18-22(37)29(2)16(11-31)21(36)27-14(19(24)34)5-3-4-8-25-17(33)7-6-15(20(35)28-18)26-9-13(23)10-30/h12-16,18,26,30-32H,3-11,23H2,1-2H3,(H2,24,34)(H,25,33)(H,27,36)(H,28,35)/t12?,13-,14+,15+,16+,18+/m1/s1. The Kier molecular flexibility index (Phi) is 14.0. The highest BCUT2D eigenvalue weighted by Gasteiger charge is 2.36. The zero-order valence-corrected chi connectivity index (χ0v) is 21.3. The van der Waals surface area contributed by atoms with Gasteiger partial charge in [-0.25, -0.2) is 0 Å². The maximum absolute atomic E-state index is 13.2. The molecule has 1 aliphatic rings. The largest absolute Gasteiger partial charge is 0.395 e. The second-order valence-electron chi connectivity index (χ2n) is 9.13. The average molecular weight is 532 g/mol. The fourth-order valence-corrected chi connectivity index (χ4v) is 3.70. The number of amides is 5. The van der Waals surface area contributed by atoms with E-state index in [0.717, 1.165) is 4.90 Å². The second kappa shape index (κ2) is 16.1. The van der Waals surface area contributed by atoms with Gasteiger partial charge in [0.1, 0.15) is 18.1 Å². The molecule has 1 rings (SSSR count). The van der Waals surface area contributed by atoms with E-state index in [1.807, 2.05) is 0 Å². The lowest BCUT2D eigenvalue weighted by Gasteiger charge is -2.32. The van der Waals surface area contributed by atoms with E-state index >= 15 is 0 Å². The topological polar surface area (TPSA) is 249 Å². The first-order chi connectivity index (χ1) is 17.4. The summed E-state index contributed by atoms with van der Waals surface area (Å²) < 4.78 is 0. The number of aliphatic hydroxyl groups is 3. The number of primary amides is 1. The monoisotopic (exact) mass is 531 g/mol. The molecule has 5 amide bonds. The van der Waals surface area contributed by atoms with Gasteiger partial charge < -0.3 is 53.0 Å². The van der Waals surface area contributed by atoms with Gasteiger partial charge in [-0.2, -0.15) is 0 Å². The number of rotatable bonds is 7. The molecule has 0 bridgehead atoms.